The summed E-state index contributed by atoms with van der Waals surface area (Å²) < 4.78 is 0. The predicted octanol–water partition coefficient (Wildman–Crippen LogP) is 0.675. The lowest BCUT2D eigenvalue weighted by atomic mass is 10.0. The summed E-state index contributed by atoms with van der Waals surface area (Å²) in [4.78, 5) is 10.2. The van der Waals surface area contributed by atoms with Crippen molar-refractivity contribution < 1.29 is 9.90 Å². The lowest BCUT2D eigenvalue weighted by Crippen LogP contribution is -2.25. The molecule has 0 aromatic carbocycles. The maximum Gasteiger partial charge on any atom is 0.305 e. The minimum atomic E-state index is -0.842. The fourth-order valence-electron chi connectivity index (χ4n) is 1.06. The van der Waals surface area contributed by atoms with E-state index in [0.29, 0.717) is 0 Å². The second kappa shape index (κ2) is 3.34. The molecule has 1 rings (SSSR count). The molecule has 11 heavy (non-hydrogen) atoms. The number of rotatable bonds is 3. The first-order chi connectivity index (χ1) is 5.20. The van der Waals surface area contributed by atoms with Crippen molar-refractivity contribution >= 4 is 5.97 Å². The van der Waals surface area contributed by atoms with E-state index < -0.39 is 5.97 Å². The lowest BCUT2D eigenvalue weighted by Gasteiger charge is -2.08. The van der Waals surface area contributed by atoms with Gasteiger partial charge in [-0.25, -0.2) is 0 Å². The molecule has 0 fully saturated rings. The van der Waals surface area contributed by atoms with Gasteiger partial charge >= 0.3 is 5.97 Å². The standard InChI is InChI=1S/C8H11NO2/c9-7(5-8(10)11)6-3-1-2-4-6/h1-3,7H,4-5,9H2,(H,10,11)/t7-/m1/s1. The lowest BCUT2D eigenvalue weighted by molar-refractivity contribution is -0.137. The Balaban J connectivity index is 2.42. The molecule has 0 saturated heterocycles. The number of hydrogen-bond acceptors (Lipinski definition) is 2. The third-order valence-corrected chi connectivity index (χ3v) is 1.67. The molecule has 0 aromatic heterocycles. The Morgan fingerprint density at radius 3 is 3.00 bits per heavy atom. The Bertz CT molecular complexity index is 218. The largest absolute Gasteiger partial charge is 0.481 e. The van der Waals surface area contributed by atoms with Crippen molar-refractivity contribution in [2.45, 2.75) is 18.9 Å². The van der Waals surface area contributed by atoms with E-state index in [1.165, 1.54) is 0 Å². The molecule has 0 aromatic rings. The van der Waals surface area contributed by atoms with Crippen LogP contribution in [0.15, 0.2) is 23.8 Å². The van der Waals surface area contributed by atoms with Crippen molar-refractivity contribution in [3.8, 4) is 0 Å². The van der Waals surface area contributed by atoms with Crippen LogP contribution in [0.1, 0.15) is 12.8 Å². The molecule has 0 bridgehead atoms. The second-order valence-electron chi connectivity index (χ2n) is 2.58. The van der Waals surface area contributed by atoms with Crippen molar-refractivity contribution in [3.63, 3.8) is 0 Å². The van der Waals surface area contributed by atoms with E-state index in [-0.39, 0.29) is 12.5 Å². The molecular formula is C8H11NO2. The third-order valence-electron chi connectivity index (χ3n) is 1.67. The Morgan fingerprint density at radius 1 is 1.82 bits per heavy atom. The van der Waals surface area contributed by atoms with Crippen LogP contribution in [0.2, 0.25) is 0 Å². The number of carboxylic acid groups (broad SMARTS) is 1. The van der Waals surface area contributed by atoms with Crippen LogP contribution >= 0.6 is 0 Å². The van der Waals surface area contributed by atoms with E-state index in [2.05, 4.69) is 0 Å². The highest BCUT2D eigenvalue weighted by Gasteiger charge is 2.13. The highest BCUT2D eigenvalue weighted by atomic mass is 16.4. The van der Waals surface area contributed by atoms with Crippen LogP contribution in [0.5, 0.6) is 0 Å². The molecule has 60 valence electrons. The van der Waals surface area contributed by atoms with E-state index in [4.69, 9.17) is 10.8 Å². The summed E-state index contributed by atoms with van der Waals surface area (Å²) in [5.41, 5.74) is 6.60. The van der Waals surface area contributed by atoms with Gasteiger partial charge in [0, 0.05) is 6.04 Å². The van der Waals surface area contributed by atoms with Crippen LogP contribution in [-0.4, -0.2) is 17.1 Å². The number of aliphatic carboxylic acids is 1. The number of nitrogens with two attached hydrogens (primary N) is 1. The van der Waals surface area contributed by atoms with Crippen molar-refractivity contribution in [1.82, 2.24) is 0 Å². The van der Waals surface area contributed by atoms with Crippen molar-refractivity contribution in [1.29, 1.82) is 0 Å². The molecule has 1 aliphatic carbocycles. The van der Waals surface area contributed by atoms with Gasteiger partial charge in [0.05, 0.1) is 6.42 Å². The van der Waals surface area contributed by atoms with Gasteiger partial charge in [0.1, 0.15) is 0 Å². The van der Waals surface area contributed by atoms with E-state index >= 15 is 0 Å². The van der Waals surface area contributed by atoms with Gasteiger partial charge in [-0.3, -0.25) is 4.79 Å². The minimum absolute atomic E-state index is 0.0213. The molecule has 3 heteroatoms. The maximum atomic E-state index is 10.2. The predicted molar refractivity (Wildman–Crippen MR) is 42.1 cm³/mol. The van der Waals surface area contributed by atoms with Gasteiger partial charge in [-0.2, -0.15) is 0 Å². The van der Waals surface area contributed by atoms with Gasteiger partial charge in [-0.15, -0.1) is 0 Å². The normalized spacial score (nSPS) is 18.1. The Labute approximate surface area is 65.2 Å². The van der Waals surface area contributed by atoms with Gasteiger partial charge < -0.3 is 10.8 Å². The first kappa shape index (κ1) is 8.01. The smallest absolute Gasteiger partial charge is 0.305 e. The average molecular weight is 153 g/mol. The molecule has 3 nitrogen and oxygen atoms in total. The molecule has 0 heterocycles. The fourth-order valence-corrected chi connectivity index (χ4v) is 1.06. The van der Waals surface area contributed by atoms with Crippen LogP contribution in [0.4, 0.5) is 0 Å². The molecule has 0 spiro atoms. The Kier molecular flexibility index (Phi) is 2.44. The van der Waals surface area contributed by atoms with Crippen LogP contribution in [-0.2, 0) is 4.79 Å². The molecule has 0 amide bonds. The summed E-state index contributed by atoms with van der Waals surface area (Å²) in [6.45, 7) is 0. The van der Waals surface area contributed by atoms with E-state index in [9.17, 15) is 4.79 Å². The highest BCUT2D eigenvalue weighted by Crippen LogP contribution is 2.14. The molecule has 1 aliphatic rings. The zero-order valence-corrected chi connectivity index (χ0v) is 6.16. The molecular weight excluding hydrogens is 142 g/mol. The van der Waals surface area contributed by atoms with E-state index in [1.807, 2.05) is 18.2 Å². The Morgan fingerprint density at radius 2 is 2.55 bits per heavy atom. The number of hydrogen-bond donors (Lipinski definition) is 2. The summed E-state index contributed by atoms with van der Waals surface area (Å²) in [5.74, 6) is -0.842. The van der Waals surface area contributed by atoms with Crippen LogP contribution in [0, 0.1) is 0 Å². The van der Waals surface area contributed by atoms with Gasteiger partial charge in [-0.1, -0.05) is 18.2 Å². The first-order valence-corrected chi connectivity index (χ1v) is 3.53. The second-order valence-corrected chi connectivity index (χ2v) is 2.58. The summed E-state index contributed by atoms with van der Waals surface area (Å²) in [6, 6.07) is -0.317. The van der Waals surface area contributed by atoms with E-state index in [1.54, 1.807) is 0 Å². The average Bonchev–Trinajstić information content (AvgIpc) is 2.35. The Hall–Kier alpha value is -1.09. The first-order valence-electron chi connectivity index (χ1n) is 3.53. The van der Waals surface area contributed by atoms with Crippen LogP contribution in [0.3, 0.4) is 0 Å². The molecule has 0 unspecified atom stereocenters. The van der Waals surface area contributed by atoms with Crippen LogP contribution < -0.4 is 5.73 Å². The van der Waals surface area contributed by atoms with Crippen molar-refractivity contribution in [2.75, 3.05) is 0 Å². The van der Waals surface area contributed by atoms with Crippen LogP contribution in [0.25, 0.3) is 0 Å². The summed E-state index contributed by atoms with van der Waals surface area (Å²) in [7, 11) is 0. The number of allylic oxidation sites excluding steroid dienone is 3. The molecule has 3 N–H and O–H groups in total. The topological polar surface area (TPSA) is 63.3 Å². The third kappa shape index (κ3) is 2.20. The maximum absolute atomic E-state index is 10.2. The monoisotopic (exact) mass is 153 g/mol. The quantitative estimate of drug-likeness (QED) is 0.626. The highest BCUT2D eigenvalue weighted by molar-refractivity contribution is 5.68. The SMILES string of the molecule is N[C@H](CC(=O)O)C1=CC=CC1. The van der Waals surface area contributed by atoms with Gasteiger partial charge in [0.25, 0.3) is 0 Å². The van der Waals surface area contributed by atoms with Gasteiger partial charge in [0.15, 0.2) is 0 Å². The zero-order chi connectivity index (χ0) is 8.27. The molecule has 0 aliphatic heterocycles. The van der Waals surface area contributed by atoms with Gasteiger partial charge in [0.2, 0.25) is 0 Å². The molecule has 1 atom stereocenters. The zero-order valence-electron chi connectivity index (χ0n) is 6.16. The summed E-state index contributed by atoms with van der Waals surface area (Å²) in [6.07, 6.45) is 6.57. The summed E-state index contributed by atoms with van der Waals surface area (Å²) >= 11 is 0. The van der Waals surface area contributed by atoms with Crippen molar-refractivity contribution in [3.05, 3.63) is 23.8 Å². The number of carbonyl (C=O) groups is 1. The fraction of sp³-hybridized carbons (Fsp3) is 0.375. The molecule has 0 radical (unpaired) electrons. The summed E-state index contributed by atoms with van der Waals surface area (Å²) in [5, 5.41) is 8.42. The van der Waals surface area contributed by atoms with Crippen molar-refractivity contribution in [2.24, 2.45) is 5.73 Å². The number of carboxylic acids is 1. The molecule has 0 saturated carbocycles. The minimum Gasteiger partial charge on any atom is -0.481 e. The van der Waals surface area contributed by atoms with Gasteiger partial charge in [-0.05, 0) is 12.0 Å². The van der Waals surface area contributed by atoms with E-state index in [0.717, 1.165) is 12.0 Å².